The van der Waals surface area contributed by atoms with Crippen LogP contribution in [0.15, 0.2) is 71.5 Å². The van der Waals surface area contributed by atoms with E-state index in [-0.39, 0.29) is 35.5 Å². The molecule has 2 atom stereocenters. The number of halogens is 2. The quantitative estimate of drug-likeness (QED) is 0.382. The highest BCUT2D eigenvalue weighted by Crippen LogP contribution is 2.36. The lowest BCUT2D eigenvalue weighted by Crippen LogP contribution is -2.60. The topological polar surface area (TPSA) is 117 Å². The van der Waals surface area contributed by atoms with Gasteiger partial charge in [0.1, 0.15) is 35.5 Å². The summed E-state index contributed by atoms with van der Waals surface area (Å²) in [5.74, 6) is -0.777. The van der Waals surface area contributed by atoms with Gasteiger partial charge in [-0.15, -0.1) is 0 Å². The number of hydrogen-bond acceptors (Lipinski definition) is 7. The summed E-state index contributed by atoms with van der Waals surface area (Å²) >= 11 is 0. The molecule has 11 heteroatoms. The van der Waals surface area contributed by atoms with Gasteiger partial charge in [0.15, 0.2) is 0 Å². The van der Waals surface area contributed by atoms with E-state index in [2.05, 4.69) is 16.0 Å². The summed E-state index contributed by atoms with van der Waals surface area (Å²) in [6.07, 6.45) is -0.936. The van der Waals surface area contributed by atoms with Crippen molar-refractivity contribution in [1.82, 2.24) is 14.5 Å². The highest BCUT2D eigenvalue weighted by Gasteiger charge is 2.38. The molecule has 1 saturated heterocycles. The predicted molar refractivity (Wildman–Crippen MR) is 149 cm³/mol. The Balaban J connectivity index is 1.61. The van der Waals surface area contributed by atoms with Gasteiger partial charge in [-0.1, -0.05) is 24.3 Å². The minimum atomic E-state index is -0.936. The summed E-state index contributed by atoms with van der Waals surface area (Å²) < 4.78 is 34.5. The van der Waals surface area contributed by atoms with E-state index in [1.165, 1.54) is 34.9 Å². The molecule has 9 nitrogen and oxygen atoms in total. The number of ether oxygens (including phenoxy) is 1. The second kappa shape index (κ2) is 11.3. The van der Waals surface area contributed by atoms with E-state index in [0.29, 0.717) is 29.8 Å². The number of hydrogen-bond donors (Lipinski definition) is 1. The van der Waals surface area contributed by atoms with Crippen LogP contribution in [0, 0.1) is 23.0 Å². The monoisotopic (exact) mass is 558 g/mol. The molecule has 4 aromatic rings. The molecular formula is C30H28F2N6O3. The molecule has 41 heavy (non-hydrogen) atoms. The zero-order valence-corrected chi connectivity index (χ0v) is 22.5. The van der Waals surface area contributed by atoms with Gasteiger partial charge >= 0.3 is 6.09 Å². The minimum Gasteiger partial charge on any atom is -0.448 e. The number of aryl methyl sites for hydroxylation is 1. The molecule has 3 heterocycles. The number of primary amides is 1. The number of nitrogens with two attached hydrogens (primary N) is 1. The molecule has 1 aliphatic heterocycles. The molecule has 0 unspecified atom stereocenters. The molecule has 210 valence electrons. The van der Waals surface area contributed by atoms with E-state index in [9.17, 15) is 23.6 Å². The number of nitrogens with zero attached hydrogens (tertiary/aromatic N) is 5. The first kappa shape index (κ1) is 27.7. The van der Waals surface area contributed by atoms with Gasteiger partial charge in [-0.05, 0) is 54.4 Å². The van der Waals surface area contributed by atoms with Crippen LogP contribution in [0.5, 0.6) is 0 Å². The maximum Gasteiger partial charge on any atom is 0.404 e. The van der Waals surface area contributed by atoms with E-state index in [1.807, 2.05) is 11.8 Å². The number of benzene rings is 2. The van der Waals surface area contributed by atoms with Crippen molar-refractivity contribution in [2.24, 2.45) is 12.8 Å². The third-order valence-electron chi connectivity index (χ3n) is 7.50. The van der Waals surface area contributed by atoms with Gasteiger partial charge in [0.05, 0.1) is 23.3 Å². The average Bonchev–Trinajstić information content (AvgIpc) is 2.96. The fourth-order valence-electron chi connectivity index (χ4n) is 5.50. The Hall–Kier alpha value is -4.82. The molecular weight excluding hydrogens is 530 g/mol. The first-order valence-electron chi connectivity index (χ1n) is 13.0. The number of amides is 1. The number of nitriles is 1. The zero-order chi connectivity index (χ0) is 29.3. The van der Waals surface area contributed by atoms with Crippen molar-refractivity contribution in [1.29, 1.82) is 5.26 Å². The highest BCUT2D eigenvalue weighted by molar-refractivity contribution is 5.89. The Morgan fingerprint density at radius 1 is 1.07 bits per heavy atom. The fourth-order valence-corrected chi connectivity index (χ4v) is 5.50. The standard InChI is InChI=1S/C30H28F2N6O3/c1-18-15-38(29(19-3-7-21(31)8-4-19)20-5-9-22(32)10-6-20)24(17-41-30(34)40)16-37(18)26-13-27(39)36(2)25-12-11-23(14-33)35-28(25)26/h3-13,18,24,29H,15-17H2,1-2H3,(H2,34,40)/t18-,24+/m0/s1. The molecule has 0 aliphatic carbocycles. The van der Waals surface area contributed by atoms with Crippen LogP contribution in [0.3, 0.4) is 0 Å². The molecule has 5 rings (SSSR count). The van der Waals surface area contributed by atoms with Crippen LogP contribution < -0.4 is 16.2 Å². The Kier molecular flexibility index (Phi) is 7.68. The maximum atomic E-state index is 13.9. The summed E-state index contributed by atoms with van der Waals surface area (Å²) in [5, 5.41) is 9.48. The number of aromatic nitrogens is 2. The van der Waals surface area contributed by atoms with Gasteiger partial charge in [-0.25, -0.2) is 18.6 Å². The first-order valence-corrected chi connectivity index (χ1v) is 13.0. The lowest BCUT2D eigenvalue weighted by Gasteiger charge is -2.49. The van der Waals surface area contributed by atoms with Gasteiger partial charge in [0, 0.05) is 32.2 Å². The smallest absolute Gasteiger partial charge is 0.404 e. The Labute approximate surface area is 235 Å². The second-order valence-corrected chi connectivity index (χ2v) is 10.1. The van der Waals surface area contributed by atoms with Crippen LogP contribution in [0.1, 0.15) is 29.8 Å². The third-order valence-corrected chi connectivity index (χ3v) is 7.50. The lowest BCUT2D eigenvalue weighted by molar-refractivity contribution is 0.0598. The van der Waals surface area contributed by atoms with E-state index < -0.39 is 18.2 Å². The number of carbonyl (C=O) groups is 1. The number of piperazine rings is 1. The van der Waals surface area contributed by atoms with E-state index in [0.717, 1.165) is 11.1 Å². The molecule has 2 N–H and O–H groups in total. The Bertz CT molecular complexity index is 1640. The summed E-state index contributed by atoms with van der Waals surface area (Å²) in [5.41, 5.74) is 8.46. The lowest BCUT2D eigenvalue weighted by atomic mass is 9.93. The van der Waals surface area contributed by atoms with Crippen LogP contribution >= 0.6 is 0 Å². The van der Waals surface area contributed by atoms with Crippen molar-refractivity contribution >= 4 is 22.8 Å². The van der Waals surface area contributed by atoms with Crippen molar-refractivity contribution in [3.8, 4) is 6.07 Å². The number of rotatable bonds is 6. The zero-order valence-electron chi connectivity index (χ0n) is 22.5. The molecule has 0 saturated carbocycles. The van der Waals surface area contributed by atoms with Gasteiger partial charge in [-0.3, -0.25) is 9.69 Å². The van der Waals surface area contributed by atoms with Crippen molar-refractivity contribution in [2.45, 2.75) is 25.0 Å². The summed E-state index contributed by atoms with van der Waals surface area (Å²) in [4.78, 5) is 33.3. The van der Waals surface area contributed by atoms with E-state index >= 15 is 0 Å². The number of fused-ring (bicyclic) bond motifs is 1. The van der Waals surface area contributed by atoms with Crippen molar-refractivity contribution in [2.75, 3.05) is 24.6 Å². The molecule has 1 fully saturated rings. The largest absolute Gasteiger partial charge is 0.448 e. The molecule has 0 bridgehead atoms. The average molecular weight is 559 g/mol. The molecule has 0 radical (unpaired) electrons. The number of pyridine rings is 2. The Morgan fingerprint density at radius 2 is 1.68 bits per heavy atom. The van der Waals surface area contributed by atoms with Crippen LogP contribution in [-0.2, 0) is 11.8 Å². The van der Waals surface area contributed by atoms with Crippen molar-refractivity contribution in [3.63, 3.8) is 0 Å². The summed E-state index contributed by atoms with van der Waals surface area (Å²) in [7, 11) is 1.64. The van der Waals surface area contributed by atoms with Crippen LogP contribution in [0.25, 0.3) is 11.0 Å². The minimum absolute atomic E-state index is 0.0723. The van der Waals surface area contributed by atoms with E-state index in [4.69, 9.17) is 10.5 Å². The van der Waals surface area contributed by atoms with Crippen molar-refractivity contribution < 1.29 is 18.3 Å². The van der Waals surface area contributed by atoms with Crippen LogP contribution in [0.4, 0.5) is 19.3 Å². The first-order chi connectivity index (χ1) is 19.7. The molecule has 1 aliphatic rings. The Morgan fingerprint density at radius 3 is 2.24 bits per heavy atom. The number of anilines is 1. The summed E-state index contributed by atoms with van der Waals surface area (Å²) in [6.45, 7) is 2.63. The molecule has 2 aromatic carbocycles. The molecule has 1 amide bonds. The van der Waals surface area contributed by atoms with Crippen LogP contribution in [0.2, 0.25) is 0 Å². The SMILES string of the molecule is C[C@H]1CN(C(c2ccc(F)cc2)c2ccc(F)cc2)[C@@H](COC(N)=O)CN1c1cc(=O)n(C)c2ccc(C#N)nc12. The predicted octanol–water partition coefficient (Wildman–Crippen LogP) is 3.85. The number of carbonyl (C=O) groups excluding carboxylic acids is 1. The second-order valence-electron chi connectivity index (χ2n) is 10.1. The summed E-state index contributed by atoms with van der Waals surface area (Å²) in [6, 6.07) is 17.9. The van der Waals surface area contributed by atoms with Crippen LogP contribution in [-0.4, -0.2) is 52.3 Å². The highest BCUT2D eigenvalue weighted by atomic mass is 19.1. The molecule has 0 spiro atoms. The van der Waals surface area contributed by atoms with Gasteiger partial charge in [0.2, 0.25) is 0 Å². The van der Waals surface area contributed by atoms with Gasteiger partial charge in [0.25, 0.3) is 5.56 Å². The maximum absolute atomic E-state index is 13.9. The third kappa shape index (κ3) is 5.60. The van der Waals surface area contributed by atoms with Gasteiger partial charge in [-0.2, -0.15) is 5.26 Å². The fraction of sp³-hybridized carbons (Fsp3) is 0.267. The van der Waals surface area contributed by atoms with Crippen molar-refractivity contribution in [3.05, 3.63) is 106 Å². The molecule has 2 aromatic heterocycles. The van der Waals surface area contributed by atoms with Gasteiger partial charge < -0.3 is 19.9 Å². The normalized spacial score (nSPS) is 17.5. The van der Waals surface area contributed by atoms with E-state index in [1.54, 1.807) is 43.4 Å².